The molecule has 0 aliphatic carbocycles. The monoisotopic (exact) mass is 456 g/mol. The summed E-state index contributed by atoms with van der Waals surface area (Å²) < 4.78 is 5.42. The predicted octanol–water partition coefficient (Wildman–Crippen LogP) is 3.69. The Morgan fingerprint density at radius 2 is 1.72 bits per heavy atom. The van der Waals surface area contributed by atoms with Crippen LogP contribution < -0.4 is 5.73 Å². The van der Waals surface area contributed by atoms with Gasteiger partial charge in [0.05, 0.1) is 19.4 Å². The first kappa shape index (κ1) is 21.5. The second-order valence-corrected chi connectivity index (χ2v) is 5.87. The van der Waals surface area contributed by atoms with Crippen molar-refractivity contribution in [2.45, 2.75) is 33.5 Å². The number of aliphatic imine (C=N–C) groups is 1. The molecule has 0 unspecified atom stereocenters. The third-order valence-electron chi connectivity index (χ3n) is 4.06. The predicted molar refractivity (Wildman–Crippen MR) is 114 cm³/mol. The topological polar surface area (TPSA) is 58.0 Å². The van der Waals surface area contributed by atoms with Crippen molar-refractivity contribution in [2.24, 2.45) is 10.7 Å². The van der Waals surface area contributed by atoms with E-state index >= 15 is 0 Å². The molecule has 1 aromatic carbocycles. The van der Waals surface area contributed by atoms with Gasteiger partial charge in [0.15, 0.2) is 5.96 Å². The van der Waals surface area contributed by atoms with Crippen LogP contribution in [-0.2, 0) is 19.6 Å². The Bertz CT molecular complexity index is 639. The maximum absolute atomic E-state index is 6.08. The van der Waals surface area contributed by atoms with Gasteiger partial charge in [0.2, 0.25) is 0 Å². The van der Waals surface area contributed by atoms with Gasteiger partial charge >= 0.3 is 0 Å². The lowest BCUT2D eigenvalue weighted by atomic mass is 10.1. The smallest absolute Gasteiger partial charge is 0.191 e. The highest BCUT2D eigenvalue weighted by Crippen LogP contribution is 2.14. The molecule has 0 fully saturated rings. The fourth-order valence-corrected chi connectivity index (χ4v) is 2.70. The molecule has 0 aliphatic rings. The number of nitrogens with zero attached hydrogens (tertiary/aromatic N) is 3. The number of guanidine groups is 1. The summed E-state index contributed by atoms with van der Waals surface area (Å²) in [6.07, 6.45) is 1.71. The first-order valence-electron chi connectivity index (χ1n) is 8.46. The number of hydrogen-bond donors (Lipinski definition) is 1. The van der Waals surface area contributed by atoms with E-state index in [4.69, 9.17) is 10.2 Å². The molecule has 25 heavy (non-hydrogen) atoms. The van der Waals surface area contributed by atoms with Crippen molar-refractivity contribution in [2.75, 3.05) is 20.1 Å². The largest absolute Gasteiger partial charge is 0.468 e. The van der Waals surface area contributed by atoms with E-state index in [1.54, 1.807) is 6.26 Å². The third-order valence-corrected chi connectivity index (χ3v) is 4.06. The van der Waals surface area contributed by atoms with Crippen LogP contribution >= 0.6 is 24.0 Å². The Morgan fingerprint density at radius 1 is 1.04 bits per heavy atom. The third kappa shape index (κ3) is 6.70. The van der Waals surface area contributed by atoms with E-state index in [1.165, 1.54) is 11.1 Å². The minimum atomic E-state index is 0. The molecule has 0 saturated carbocycles. The molecule has 1 aromatic heterocycles. The Labute approximate surface area is 167 Å². The molecule has 0 bridgehead atoms. The highest BCUT2D eigenvalue weighted by molar-refractivity contribution is 14.0. The summed E-state index contributed by atoms with van der Waals surface area (Å²) >= 11 is 0. The summed E-state index contributed by atoms with van der Waals surface area (Å²) in [5, 5.41) is 0. The van der Waals surface area contributed by atoms with Crippen molar-refractivity contribution < 1.29 is 4.42 Å². The summed E-state index contributed by atoms with van der Waals surface area (Å²) in [6.45, 7) is 8.16. The lowest BCUT2D eigenvalue weighted by Gasteiger charge is -2.20. The van der Waals surface area contributed by atoms with Crippen molar-refractivity contribution in [3.63, 3.8) is 0 Å². The second-order valence-electron chi connectivity index (χ2n) is 5.87. The molecule has 0 amide bonds. The molecule has 1 heterocycles. The minimum absolute atomic E-state index is 0. The molecule has 0 saturated heterocycles. The number of furan rings is 1. The molecule has 0 spiro atoms. The average Bonchev–Trinajstić information content (AvgIpc) is 3.08. The maximum Gasteiger partial charge on any atom is 0.191 e. The quantitative estimate of drug-likeness (QED) is 0.374. The Balaban J connectivity index is 0.00000312. The van der Waals surface area contributed by atoms with Crippen LogP contribution in [0.4, 0.5) is 0 Å². The van der Waals surface area contributed by atoms with E-state index in [-0.39, 0.29) is 24.0 Å². The fourth-order valence-electron chi connectivity index (χ4n) is 2.70. The molecule has 0 aliphatic heterocycles. The van der Waals surface area contributed by atoms with Crippen LogP contribution in [0.2, 0.25) is 0 Å². The van der Waals surface area contributed by atoms with Gasteiger partial charge in [-0.2, -0.15) is 0 Å². The molecule has 2 aromatic rings. The second kappa shape index (κ2) is 11.1. The Kier molecular flexibility index (Phi) is 9.59. The highest BCUT2D eigenvalue weighted by atomic mass is 127. The molecule has 0 atom stereocenters. The molecule has 5 nitrogen and oxygen atoms in total. The number of rotatable bonds is 8. The van der Waals surface area contributed by atoms with Gasteiger partial charge in [-0.3, -0.25) is 4.90 Å². The van der Waals surface area contributed by atoms with Gasteiger partial charge < -0.3 is 15.1 Å². The van der Waals surface area contributed by atoms with E-state index in [9.17, 15) is 0 Å². The standard InChI is InChI=1S/C19H28N4O.HI/c1-4-23(5-2)19(20)21-13-16-9-6-7-10-17(16)14-22(3)15-18-11-8-12-24-18;/h6-12H,4-5,13-15H2,1-3H3,(H2,20,21);1H. The van der Waals surface area contributed by atoms with Crippen molar-refractivity contribution >= 4 is 29.9 Å². The van der Waals surface area contributed by atoms with Gasteiger partial charge in [0.1, 0.15) is 5.76 Å². The average molecular weight is 456 g/mol. The first-order valence-corrected chi connectivity index (χ1v) is 8.46. The zero-order valence-corrected chi connectivity index (χ0v) is 17.6. The number of nitrogens with two attached hydrogens (primary N) is 1. The van der Waals surface area contributed by atoms with E-state index in [2.05, 4.69) is 60.0 Å². The van der Waals surface area contributed by atoms with Crippen LogP contribution in [0.1, 0.15) is 30.7 Å². The zero-order valence-electron chi connectivity index (χ0n) is 15.3. The van der Waals surface area contributed by atoms with Crippen LogP contribution in [-0.4, -0.2) is 35.9 Å². The Hall–Kier alpha value is -1.54. The zero-order chi connectivity index (χ0) is 17.4. The summed E-state index contributed by atoms with van der Waals surface area (Å²) in [5.41, 5.74) is 8.56. The summed E-state index contributed by atoms with van der Waals surface area (Å²) in [7, 11) is 2.09. The van der Waals surface area contributed by atoms with Crippen LogP contribution in [0.5, 0.6) is 0 Å². The summed E-state index contributed by atoms with van der Waals surface area (Å²) in [4.78, 5) is 8.86. The molecule has 0 radical (unpaired) electrons. The van der Waals surface area contributed by atoms with Crippen molar-refractivity contribution in [1.82, 2.24) is 9.80 Å². The Morgan fingerprint density at radius 3 is 2.32 bits per heavy atom. The van der Waals surface area contributed by atoms with Gasteiger partial charge in [0, 0.05) is 19.6 Å². The molecular weight excluding hydrogens is 427 g/mol. The van der Waals surface area contributed by atoms with Gasteiger partial charge in [-0.1, -0.05) is 24.3 Å². The van der Waals surface area contributed by atoms with E-state index in [0.717, 1.165) is 31.9 Å². The molecule has 6 heteroatoms. The lowest BCUT2D eigenvalue weighted by Crippen LogP contribution is -2.37. The van der Waals surface area contributed by atoms with Crippen molar-refractivity contribution in [3.05, 3.63) is 59.5 Å². The van der Waals surface area contributed by atoms with Crippen LogP contribution in [0.3, 0.4) is 0 Å². The maximum atomic E-state index is 6.08. The highest BCUT2D eigenvalue weighted by Gasteiger charge is 2.08. The molecular formula is C19H29IN4O. The molecule has 2 N–H and O–H groups in total. The van der Waals surface area contributed by atoms with E-state index in [1.807, 2.05) is 12.1 Å². The van der Waals surface area contributed by atoms with Crippen molar-refractivity contribution in [3.8, 4) is 0 Å². The number of benzene rings is 1. The van der Waals surface area contributed by atoms with Gasteiger partial charge in [-0.25, -0.2) is 4.99 Å². The normalized spacial score (nSPS) is 11.4. The SMILES string of the molecule is CCN(CC)C(N)=NCc1ccccc1CN(C)Cc1ccco1.I. The number of hydrogen-bond acceptors (Lipinski definition) is 3. The first-order chi connectivity index (χ1) is 11.6. The fraction of sp³-hybridized carbons (Fsp3) is 0.421. The molecule has 138 valence electrons. The van der Waals surface area contributed by atoms with Gasteiger partial charge in [-0.05, 0) is 44.2 Å². The lowest BCUT2D eigenvalue weighted by molar-refractivity contribution is 0.287. The molecule has 2 rings (SSSR count). The van der Waals surface area contributed by atoms with Gasteiger partial charge in [0.25, 0.3) is 0 Å². The number of halogens is 1. The van der Waals surface area contributed by atoms with Gasteiger partial charge in [-0.15, -0.1) is 24.0 Å². The van der Waals surface area contributed by atoms with Crippen molar-refractivity contribution in [1.29, 1.82) is 0 Å². The van der Waals surface area contributed by atoms with Crippen LogP contribution in [0.15, 0.2) is 52.1 Å². The van der Waals surface area contributed by atoms with Crippen LogP contribution in [0.25, 0.3) is 0 Å². The minimum Gasteiger partial charge on any atom is -0.468 e. The van der Waals surface area contributed by atoms with Crippen LogP contribution in [0, 0.1) is 0 Å². The van der Waals surface area contributed by atoms with E-state index < -0.39 is 0 Å². The summed E-state index contributed by atoms with van der Waals surface area (Å²) in [5.74, 6) is 1.58. The summed E-state index contributed by atoms with van der Waals surface area (Å²) in [6, 6.07) is 12.3. The van der Waals surface area contributed by atoms with E-state index in [0.29, 0.717) is 12.5 Å².